The third-order valence-corrected chi connectivity index (χ3v) is 1.26. The average Bonchev–Trinajstić information content (AvgIpc) is 2.04. The van der Waals surface area contributed by atoms with Crippen LogP contribution in [0.25, 0.3) is 6.08 Å². The Kier molecular flexibility index (Phi) is 1.86. The number of benzene rings is 1. The van der Waals surface area contributed by atoms with E-state index in [1.165, 1.54) is 6.08 Å². The zero-order chi connectivity index (χ0) is 7.40. The maximum atomic E-state index is 8.52. The zero-order valence-electron chi connectivity index (χ0n) is 5.41. The van der Waals surface area contributed by atoms with E-state index in [-0.39, 0.29) is 0 Å². The molecular formula is C9H6N. The van der Waals surface area contributed by atoms with Crippen LogP contribution >= 0.6 is 0 Å². The summed E-state index contributed by atoms with van der Waals surface area (Å²) in [6, 6.07) is 9.23. The summed E-state index contributed by atoms with van der Waals surface area (Å²) in [4.78, 5) is 0. The van der Waals surface area contributed by atoms with Crippen molar-refractivity contribution in [2.75, 3.05) is 0 Å². The van der Waals surface area contributed by atoms with Gasteiger partial charge in [-0.25, -0.2) is 0 Å². The topological polar surface area (TPSA) is 23.8 Å². The van der Waals surface area contributed by atoms with Gasteiger partial charge in [-0.1, -0.05) is 30.9 Å². The monoisotopic (exact) mass is 128 g/mol. The van der Waals surface area contributed by atoms with Gasteiger partial charge in [-0.15, -0.1) is 0 Å². The minimum absolute atomic E-state index is 0.616. The molecule has 1 rings (SSSR count). The van der Waals surface area contributed by atoms with Gasteiger partial charge in [-0.2, -0.15) is 5.26 Å². The molecule has 0 aromatic heterocycles. The fourth-order valence-corrected chi connectivity index (χ4v) is 0.744. The molecule has 1 heteroatoms. The standard InChI is InChI=1S/C9H6N/c1-2-8-5-3-4-6-9(8)7-10/h1-6H. The number of hydrogen-bond acceptors (Lipinski definition) is 1. The smallest absolute Gasteiger partial charge is 0.0997 e. The van der Waals surface area contributed by atoms with Gasteiger partial charge in [0.25, 0.3) is 0 Å². The van der Waals surface area contributed by atoms with Crippen molar-refractivity contribution in [2.24, 2.45) is 0 Å². The molecule has 0 saturated carbocycles. The Bertz CT molecular complexity index is 281. The zero-order valence-corrected chi connectivity index (χ0v) is 5.41. The lowest BCUT2D eigenvalue weighted by Gasteiger charge is -1.92. The van der Waals surface area contributed by atoms with Gasteiger partial charge in [0.05, 0.1) is 11.6 Å². The molecule has 0 amide bonds. The molecule has 0 fully saturated rings. The minimum Gasteiger partial charge on any atom is -0.192 e. The van der Waals surface area contributed by atoms with Crippen LogP contribution in [-0.4, -0.2) is 0 Å². The van der Waals surface area contributed by atoms with E-state index in [1.54, 1.807) is 12.1 Å². The molecule has 1 nitrogen and oxygen atoms in total. The molecule has 0 atom stereocenters. The minimum atomic E-state index is 0.616. The predicted octanol–water partition coefficient (Wildman–Crippen LogP) is 2.00. The molecule has 1 aromatic carbocycles. The maximum Gasteiger partial charge on any atom is 0.0997 e. The highest BCUT2D eigenvalue weighted by Crippen LogP contribution is 2.07. The van der Waals surface area contributed by atoms with Gasteiger partial charge in [0.2, 0.25) is 0 Å². The van der Waals surface area contributed by atoms with E-state index in [9.17, 15) is 0 Å². The molecule has 0 aliphatic heterocycles. The van der Waals surface area contributed by atoms with Gasteiger partial charge in [-0.05, 0) is 11.6 Å². The highest BCUT2D eigenvalue weighted by atomic mass is 14.2. The van der Waals surface area contributed by atoms with E-state index < -0.39 is 0 Å². The van der Waals surface area contributed by atoms with Crippen LogP contribution in [0.2, 0.25) is 0 Å². The van der Waals surface area contributed by atoms with Crippen molar-refractivity contribution < 1.29 is 0 Å². The van der Waals surface area contributed by atoms with Crippen molar-refractivity contribution in [3.63, 3.8) is 0 Å². The maximum absolute atomic E-state index is 8.52. The fraction of sp³-hybridized carbons (Fsp3) is 0. The normalized spacial score (nSPS) is 8.30. The lowest BCUT2D eigenvalue weighted by Crippen LogP contribution is -1.77. The molecule has 0 aliphatic carbocycles. The Balaban J connectivity index is 3.24. The van der Waals surface area contributed by atoms with Crippen LogP contribution in [0.1, 0.15) is 11.1 Å². The molecule has 1 aromatic rings. The second kappa shape index (κ2) is 2.84. The van der Waals surface area contributed by atoms with Crippen molar-refractivity contribution in [2.45, 2.75) is 0 Å². The summed E-state index contributed by atoms with van der Waals surface area (Å²) in [5.41, 5.74) is 1.40. The Hall–Kier alpha value is -1.55. The Morgan fingerprint density at radius 3 is 2.60 bits per heavy atom. The molecule has 0 unspecified atom stereocenters. The predicted molar refractivity (Wildman–Crippen MR) is 39.9 cm³/mol. The number of hydrogen-bond donors (Lipinski definition) is 0. The third kappa shape index (κ3) is 1.06. The van der Waals surface area contributed by atoms with E-state index >= 15 is 0 Å². The van der Waals surface area contributed by atoms with Crippen LogP contribution < -0.4 is 0 Å². The molecule has 0 spiro atoms. The van der Waals surface area contributed by atoms with Crippen molar-refractivity contribution in [1.29, 1.82) is 5.26 Å². The van der Waals surface area contributed by atoms with Crippen LogP contribution in [0.4, 0.5) is 0 Å². The van der Waals surface area contributed by atoms with E-state index in [2.05, 4.69) is 0 Å². The van der Waals surface area contributed by atoms with Crippen LogP contribution in [-0.2, 0) is 0 Å². The third-order valence-electron chi connectivity index (χ3n) is 1.26. The van der Waals surface area contributed by atoms with Gasteiger partial charge >= 0.3 is 0 Å². The molecule has 1 radical (unpaired) electrons. The Morgan fingerprint density at radius 1 is 1.40 bits per heavy atom. The van der Waals surface area contributed by atoms with Crippen LogP contribution in [0.15, 0.2) is 24.3 Å². The van der Waals surface area contributed by atoms with Gasteiger partial charge in [0, 0.05) is 0 Å². The van der Waals surface area contributed by atoms with Crippen LogP contribution in [0, 0.1) is 17.9 Å². The molecule has 0 aliphatic rings. The van der Waals surface area contributed by atoms with Gasteiger partial charge in [0.15, 0.2) is 0 Å². The Labute approximate surface area is 60.2 Å². The average molecular weight is 128 g/mol. The second-order valence-electron chi connectivity index (χ2n) is 1.87. The van der Waals surface area contributed by atoms with Gasteiger partial charge < -0.3 is 0 Å². The van der Waals surface area contributed by atoms with Gasteiger partial charge in [-0.3, -0.25) is 0 Å². The summed E-state index contributed by atoms with van der Waals surface area (Å²) >= 11 is 0. The lowest BCUT2D eigenvalue weighted by molar-refractivity contribution is 1.47. The Morgan fingerprint density at radius 2 is 2.10 bits per heavy atom. The summed E-state index contributed by atoms with van der Waals surface area (Å²) in [6.07, 6.45) is 1.43. The highest BCUT2D eigenvalue weighted by molar-refractivity contribution is 5.55. The molecule has 0 heterocycles. The SMILES string of the molecule is [CH]=Cc1ccccc1C#N. The highest BCUT2D eigenvalue weighted by Gasteiger charge is 1.92. The van der Waals surface area contributed by atoms with Crippen LogP contribution in [0.3, 0.4) is 0 Å². The first-order valence-corrected chi connectivity index (χ1v) is 2.92. The summed E-state index contributed by atoms with van der Waals surface area (Å²) in [5, 5.41) is 8.52. The quantitative estimate of drug-likeness (QED) is 0.567. The van der Waals surface area contributed by atoms with E-state index in [4.69, 9.17) is 11.8 Å². The first-order chi connectivity index (χ1) is 4.88. The molecule has 0 saturated heterocycles. The lowest BCUT2D eigenvalue weighted by atomic mass is 10.1. The molecule has 0 N–H and O–H groups in total. The number of rotatable bonds is 1. The summed E-state index contributed by atoms with van der Waals surface area (Å²) in [6.45, 7) is 5.25. The van der Waals surface area contributed by atoms with Crippen molar-refractivity contribution in [3.8, 4) is 6.07 Å². The summed E-state index contributed by atoms with van der Waals surface area (Å²) < 4.78 is 0. The summed E-state index contributed by atoms with van der Waals surface area (Å²) in [7, 11) is 0. The number of nitrogens with zero attached hydrogens (tertiary/aromatic N) is 1. The fourth-order valence-electron chi connectivity index (χ4n) is 0.744. The largest absolute Gasteiger partial charge is 0.192 e. The molecular weight excluding hydrogens is 122 g/mol. The van der Waals surface area contributed by atoms with E-state index in [1.807, 2.05) is 18.2 Å². The van der Waals surface area contributed by atoms with Crippen molar-refractivity contribution >= 4 is 6.08 Å². The molecule has 0 bridgehead atoms. The molecule has 10 heavy (non-hydrogen) atoms. The summed E-state index contributed by atoms with van der Waals surface area (Å²) in [5.74, 6) is 0. The molecule has 47 valence electrons. The first-order valence-electron chi connectivity index (χ1n) is 2.92. The first kappa shape index (κ1) is 6.57. The number of nitriles is 1. The second-order valence-corrected chi connectivity index (χ2v) is 1.87. The van der Waals surface area contributed by atoms with Gasteiger partial charge in [0.1, 0.15) is 0 Å². The van der Waals surface area contributed by atoms with E-state index in [0.717, 1.165) is 5.56 Å². The van der Waals surface area contributed by atoms with Crippen LogP contribution in [0.5, 0.6) is 0 Å². The van der Waals surface area contributed by atoms with E-state index in [0.29, 0.717) is 5.56 Å². The van der Waals surface area contributed by atoms with Crippen molar-refractivity contribution in [1.82, 2.24) is 0 Å². The van der Waals surface area contributed by atoms with Crippen molar-refractivity contribution in [3.05, 3.63) is 42.0 Å².